The molecule has 2 aromatic rings. The van der Waals surface area contributed by atoms with Gasteiger partial charge in [0.2, 0.25) is 17.5 Å². The molecule has 1 N–H and O–H groups in total. The maximum atomic E-state index is 12.2. The third-order valence-electron chi connectivity index (χ3n) is 3.92. The molecule has 0 saturated carbocycles. The predicted octanol–water partition coefficient (Wildman–Crippen LogP) is 2.70. The van der Waals surface area contributed by atoms with Crippen molar-refractivity contribution >= 4 is 11.6 Å². The number of nitrogens with one attached hydrogen (secondary N) is 1. The molecule has 0 spiro atoms. The van der Waals surface area contributed by atoms with E-state index in [4.69, 9.17) is 23.7 Å². The van der Waals surface area contributed by atoms with E-state index in [1.54, 1.807) is 46.8 Å². The van der Waals surface area contributed by atoms with Crippen LogP contribution in [0, 0.1) is 0 Å². The van der Waals surface area contributed by atoms with Crippen molar-refractivity contribution in [3.63, 3.8) is 0 Å². The molecular formula is C20H26N2O6. The number of hydrogen-bond donors (Lipinski definition) is 1. The average molecular weight is 390 g/mol. The number of rotatable bonds is 11. The van der Waals surface area contributed by atoms with E-state index in [0.29, 0.717) is 54.9 Å². The summed E-state index contributed by atoms with van der Waals surface area (Å²) in [5.41, 5.74) is 1.51. The van der Waals surface area contributed by atoms with Gasteiger partial charge in [-0.05, 0) is 30.2 Å². The van der Waals surface area contributed by atoms with Gasteiger partial charge >= 0.3 is 0 Å². The van der Waals surface area contributed by atoms with Crippen LogP contribution in [0.5, 0.6) is 23.1 Å². The molecule has 2 rings (SSSR count). The topological polar surface area (TPSA) is 88.1 Å². The molecule has 0 radical (unpaired) electrons. The summed E-state index contributed by atoms with van der Waals surface area (Å²) < 4.78 is 26.3. The van der Waals surface area contributed by atoms with E-state index in [2.05, 4.69) is 10.3 Å². The summed E-state index contributed by atoms with van der Waals surface area (Å²) in [6.07, 6.45) is 2.37. The van der Waals surface area contributed by atoms with E-state index < -0.39 is 0 Å². The van der Waals surface area contributed by atoms with Gasteiger partial charge in [-0.25, -0.2) is 4.98 Å². The van der Waals surface area contributed by atoms with Gasteiger partial charge in [0, 0.05) is 19.6 Å². The number of nitrogens with zero attached hydrogens (tertiary/aromatic N) is 1. The second-order valence-electron chi connectivity index (χ2n) is 5.81. The number of aryl methyl sites for hydroxylation is 1. The fourth-order valence-electron chi connectivity index (χ4n) is 2.53. The zero-order chi connectivity index (χ0) is 20.4. The van der Waals surface area contributed by atoms with Crippen LogP contribution in [0.2, 0.25) is 0 Å². The number of hydrogen-bond acceptors (Lipinski definition) is 7. The summed E-state index contributed by atoms with van der Waals surface area (Å²) in [6, 6.07) is 7.11. The summed E-state index contributed by atoms with van der Waals surface area (Å²) in [4.78, 5) is 16.4. The summed E-state index contributed by atoms with van der Waals surface area (Å²) in [7, 11) is 6.27. The molecular weight excluding hydrogens is 364 g/mol. The fraction of sp³-hybridized carbons (Fsp3) is 0.400. The van der Waals surface area contributed by atoms with Crippen molar-refractivity contribution in [2.45, 2.75) is 12.8 Å². The molecule has 1 amide bonds. The van der Waals surface area contributed by atoms with Crippen LogP contribution in [-0.2, 0) is 16.0 Å². The maximum Gasteiger partial charge on any atom is 0.224 e. The third-order valence-corrected chi connectivity index (χ3v) is 3.92. The first-order valence-electron chi connectivity index (χ1n) is 8.77. The second-order valence-corrected chi connectivity index (χ2v) is 5.81. The van der Waals surface area contributed by atoms with Gasteiger partial charge in [-0.3, -0.25) is 4.79 Å². The molecule has 0 unspecified atom stereocenters. The lowest BCUT2D eigenvalue weighted by Gasteiger charge is -2.14. The van der Waals surface area contributed by atoms with E-state index in [0.717, 1.165) is 5.56 Å². The molecule has 1 aromatic carbocycles. The molecule has 0 fully saturated rings. The lowest BCUT2D eigenvalue weighted by atomic mass is 10.1. The Kier molecular flexibility index (Phi) is 8.36. The SMILES string of the molecule is COCCOc1ccc(NC(=O)CCc2cc(OC)c(OC)c(OC)c2)cn1. The van der Waals surface area contributed by atoms with Gasteiger partial charge < -0.3 is 29.0 Å². The van der Waals surface area contributed by atoms with Crippen molar-refractivity contribution in [2.24, 2.45) is 0 Å². The summed E-state index contributed by atoms with van der Waals surface area (Å²) >= 11 is 0. The number of carbonyl (C=O) groups is 1. The molecule has 8 nitrogen and oxygen atoms in total. The van der Waals surface area contributed by atoms with Gasteiger partial charge in [0.25, 0.3) is 0 Å². The highest BCUT2D eigenvalue weighted by atomic mass is 16.5. The Hall–Kier alpha value is -3.00. The van der Waals surface area contributed by atoms with Crippen molar-refractivity contribution in [1.82, 2.24) is 4.98 Å². The zero-order valence-electron chi connectivity index (χ0n) is 16.6. The van der Waals surface area contributed by atoms with Gasteiger partial charge in [0.1, 0.15) is 6.61 Å². The van der Waals surface area contributed by atoms with Crippen molar-refractivity contribution in [3.8, 4) is 23.1 Å². The Morgan fingerprint density at radius 3 is 2.25 bits per heavy atom. The Morgan fingerprint density at radius 1 is 1.00 bits per heavy atom. The fourth-order valence-corrected chi connectivity index (χ4v) is 2.53. The van der Waals surface area contributed by atoms with Crippen LogP contribution in [0.4, 0.5) is 5.69 Å². The Balaban J connectivity index is 1.91. The van der Waals surface area contributed by atoms with E-state index in [-0.39, 0.29) is 5.91 Å². The lowest BCUT2D eigenvalue weighted by molar-refractivity contribution is -0.116. The first-order valence-corrected chi connectivity index (χ1v) is 8.77. The molecule has 28 heavy (non-hydrogen) atoms. The summed E-state index contributed by atoms with van der Waals surface area (Å²) in [5.74, 6) is 2.00. The average Bonchev–Trinajstić information content (AvgIpc) is 2.72. The monoisotopic (exact) mass is 390 g/mol. The largest absolute Gasteiger partial charge is 0.493 e. The van der Waals surface area contributed by atoms with Crippen LogP contribution in [0.15, 0.2) is 30.5 Å². The van der Waals surface area contributed by atoms with E-state index in [9.17, 15) is 4.79 Å². The van der Waals surface area contributed by atoms with Crippen LogP contribution in [0.25, 0.3) is 0 Å². The molecule has 8 heteroatoms. The van der Waals surface area contributed by atoms with Crippen molar-refractivity contribution in [2.75, 3.05) is 47.0 Å². The van der Waals surface area contributed by atoms with E-state index in [1.165, 1.54) is 0 Å². The molecule has 0 saturated heterocycles. The molecule has 1 aromatic heterocycles. The number of benzene rings is 1. The van der Waals surface area contributed by atoms with Gasteiger partial charge in [-0.2, -0.15) is 0 Å². The van der Waals surface area contributed by atoms with Gasteiger partial charge in [0.15, 0.2) is 11.5 Å². The molecule has 1 heterocycles. The minimum absolute atomic E-state index is 0.122. The molecule has 0 atom stereocenters. The zero-order valence-corrected chi connectivity index (χ0v) is 16.6. The van der Waals surface area contributed by atoms with Gasteiger partial charge in [0.05, 0.1) is 39.8 Å². The molecule has 0 aliphatic heterocycles. The number of methoxy groups -OCH3 is 4. The number of aromatic nitrogens is 1. The number of amides is 1. The molecule has 0 bridgehead atoms. The smallest absolute Gasteiger partial charge is 0.224 e. The maximum absolute atomic E-state index is 12.2. The van der Waals surface area contributed by atoms with Crippen LogP contribution >= 0.6 is 0 Å². The van der Waals surface area contributed by atoms with E-state index >= 15 is 0 Å². The Morgan fingerprint density at radius 2 is 1.71 bits per heavy atom. The number of carbonyl (C=O) groups excluding carboxylic acids is 1. The first kappa shape index (κ1) is 21.3. The number of anilines is 1. The Bertz CT molecular complexity index is 739. The van der Waals surface area contributed by atoms with Crippen LogP contribution in [0.3, 0.4) is 0 Å². The Labute approximate surface area is 164 Å². The first-order chi connectivity index (χ1) is 13.6. The van der Waals surface area contributed by atoms with Crippen LogP contribution in [-0.4, -0.2) is 52.5 Å². The minimum Gasteiger partial charge on any atom is -0.493 e. The number of pyridine rings is 1. The van der Waals surface area contributed by atoms with Gasteiger partial charge in [-0.1, -0.05) is 0 Å². The highest BCUT2D eigenvalue weighted by Crippen LogP contribution is 2.38. The molecule has 0 aliphatic carbocycles. The molecule has 0 aliphatic rings. The minimum atomic E-state index is -0.122. The number of ether oxygens (including phenoxy) is 5. The highest BCUT2D eigenvalue weighted by Gasteiger charge is 2.14. The standard InChI is InChI=1S/C20H26N2O6/c1-24-9-10-28-19-8-6-15(13-21-19)22-18(23)7-5-14-11-16(25-2)20(27-4)17(12-14)26-3/h6,8,11-13H,5,7,9-10H2,1-4H3,(H,22,23). The van der Waals surface area contributed by atoms with Gasteiger partial charge in [-0.15, -0.1) is 0 Å². The molecule has 152 valence electrons. The van der Waals surface area contributed by atoms with Crippen molar-refractivity contribution < 1.29 is 28.5 Å². The highest BCUT2D eigenvalue weighted by molar-refractivity contribution is 5.90. The second kappa shape index (κ2) is 11.0. The normalized spacial score (nSPS) is 10.3. The summed E-state index contributed by atoms with van der Waals surface area (Å²) in [6.45, 7) is 0.908. The summed E-state index contributed by atoms with van der Waals surface area (Å²) in [5, 5.41) is 2.82. The third kappa shape index (κ3) is 6.02. The predicted molar refractivity (Wildman–Crippen MR) is 105 cm³/mol. The van der Waals surface area contributed by atoms with Crippen LogP contribution < -0.4 is 24.3 Å². The lowest BCUT2D eigenvalue weighted by Crippen LogP contribution is -2.13. The van der Waals surface area contributed by atoms with Crippen LogP contribution in [0.1, 0.15) is 12.0 Å². The quantitative estimate of drug-likeness (QED) is 0.590. The van der Waals surface area contributed by atoms with E-state index in [1.807, 2.05) is 12.1 Å². The van der Waals surface area contributed by atoms with Crippen molar-refractivity contribution in [3.05, 3.63) is 36.0 Å². The van der Waals surface area contributed by atoms with Crippen molar-refractivity contribution in [1.29, 1.82) is 0 Å².